The van der Waals surface area contributed by atoms with Gasteiger partial charge in [0.1, 0.15) is 5.75 Å². The maximum absolute atomic E-state index is 12.7. The Morgan fingerprint density at radius 2 is 1.87 bits per heavy atom. The quantitative estimate of drug-likeness (QED) is 0.369. The van der Waals surface area contributed by atoms with Crippen molar-refractivity contribution >= 4 is 56.3 Å². The van der Waals surface area contributed by atoms with Crippen molar-refractivity contribution in [3.8, 4) is 5.75 Å². The summed E-state index contributed by atoms with van der Waals surface area (Å²) in [6.07, 6.45) is 0. The van der Waals surface area contributed by atoms with Crippen LogP contribution in [0.15, 0.2) is 71.1 Å². The van der Waals surface area contributed by atoms with Crippen LogP contribution in [0.25, 0.3) is 10.8 Å². The number of aromatic nitrogens is 2. The third-order valence-corrected chi connectivity index (χ3v) is 6.44. The lowest BCUT2D eigenvalue weighted by Crippen LogP contribution is -2.22. The fourth-order valence-electron chi connectivity index (χ4n) is 2.91. The first kappa shape index (κ1) is 20.2. The zero-order valence-corrected chi connectivity index (χ0v) is 18.1. The Morgan fingerprint density at radius 3 is 2.73 bits per heavy atom. The average Bonchev–Trinajstić information content (AvgIpc) is 3.20. The molecule has 1 heterocycles. The Hall–Kier alpha value is -3.10. The summed E-state index contributed by atoms with van der Waals surface area (Å²) in [5.41, 5.74) is 1.67. The number of methoxy groups -OCH3 is 1. The molecule has 2 N–H and O–H groups in total. The van der Waals surface area contributed by atoms with Crippen LogP contribution in [0.5, 0.6) is 5.75 Å². The number of carbonyl (C=O) groups is 1. The molecule has 152 valence electrons. The van der Waals surface area contributed by atoms with Crippen LogP contribution in [0.1, 0.15) is 6.92 Å². The second-order valence-electron chi connectivity index (χ2n) is 6.51. The predicted molar refractivity (Wildman–Crippen MR) is 124 cm³/mol. The second-order valence-corrected chi connectivity index (χ2v) is 9.07. The molecule has 4 aromatic rings. The Labute approximate surface area is 182 Å². The Kier molecular flexibility index (Phi) is 6.15. The molecule has 0 saturated carbocycles. The molecule has 1 aromatic heterocycles. The van der Waals surface area contributed by atoms with Crippen LogP contribution in [0.3, 0.4) is 0 Å². The van der Waals surface area contributed by atoms with E-state index in [0.717, 1.165) is 32.2 Å². The molecule has 8 heteroatoms. The van der Waals surface area contributed by atoms with Crippen LogP contribution in [-0.2, 0) is 4.79 Å². The molecule has 0 saturated heterocycles. The number of nitrogens with zero attached hydrogens (tertiary/aromatic N) is 2. The number of fused-ring (bicyclic) bond motifs is 1. The summed E-state index contributed by atoms with van der Waals surface area (Å²) in [6, 6.07) is 21.5. The zero-order chi connectivity index (χ0) is 20.9. The van der Waals surface area contributed by atoms with E-state index in [-0.39, 0.29) is 11.2 Å². The highest BCUT2D eigenvalue weighted by Gasteiger charge is 2.18. The van der Waals surface area contributed by atoms with Crippen LogP contribution < -0.4 is 15.4 Å². The van der Waals surface area contributed by atoms with Gasteiger partial charge in [0.25, 0.3) is 0 Å². The molecular weight excluding hydrogens is 416 g/mol. The van der Waals surface area contributed by atoms with Gasteiger partial charge in [0.2, 0.25) is 11.0 Å². The zero-order valence-electron chi connectivity index (χ0n) is 16.5. The minimum atomic E-state index is -0.318. The standard InChI is InChI=1S/C22H20N4O2S2/c1-14(20(27)24-19-12-5-8-15-7-3-4-11-18(15)19)29-22-26-25-21(30-22)23-16-9-6-10-17(13-16)28-2/h3-14H,1-2H3,(H,23,25)(H,24,27). The summed E-state index contributed by atoms with van der Waals surface area (Å²) in [6.45, 7) is 1.86. The molecule has 1 unspecified atom stereocenters. The first-order valence-electron chi connectivity index (χ1n) is 9.32. The summed E-state index contributed by atoms with van der Waals surface area (Å²) in [4.78, 5) is 12.7. The highest BCUT2D eigenvalue weighted by atomic mass is 32.2. The van der Waals surface area contributed by atoms with Crippen molar-refractivity contribution in [1.29, 1.82) is 0 Å². The Balaban J connectivity index is 1.40. The number of amides is 1. The molecule has 0 aliphatic rings. The molecule has 3 aromatic carbocycles. The summed E-state index contributed by atoms with van der Waals surface area (Å²) < 4.78 is 5.95. The van der Waals surface area contributed by atoms with Crippen molar-refractivity contribution in [1.82, 2.24) is 10.2 Å². The minimum Gasteiger partial charge on any atom is -0.497 e. The van der Waals surface area contributed by atoms with Crippen molar-refractivity contribution < 1.29 is 9.53 Å². The third kappa shape index (κ3) is 4.72. The molecule has 0 aliphatic heterocycles. The van der Waals surface area contributed by atoms with Crippen LogP contribution in [-0.4, -0.2) is 28.5 Å². The number of nitrogens with one attached hydrogen (secondary N) is 2. The number of carbonyl (C=O) groups excluding carboxylic acids is 1. The maximum atomic E-state index is 12.7. The van der Waals surface area contributed by atoms with Gasteiger partial charge in [0.15, 0.2) is 4.34 Å². The summed E-state index contributed by atoms with van der Waals surface area (Å²) in [7, 11) is 1.63. The maximum Gasteiger partial charge on any atom is 0.237 e. The number of thioether (sulfide) groups is 1. The minimum absolute atomic E-state index is 0.0751. The summed E-state index contributed by atoms with van der Waals surface area (Å²) >= 11 is 2.79. The van der Waals surface area contributed by atoms with Gasteiger partial charge < -0.3 is 15.4 Å². The first-order chi connectivity index (χ1) is 14.6. The molecule has 1 amide bonds. The van der Waals surface area contributed by atoms with E-state index >= 15 is 0 Å². The normalized spacial score (nSPS) is 11.8. The largest absolute Gasteiger partial charge is 0.497 e. The van der Waals surface area contributed by atoms with Crippen molar-refractivity contribution in [2.24, 2.45) is 0 Å². The van der Waals surface area contributed by atoms with Crippen LogP contribution in [0.4, 0.5) is 16.5 Å². The molecule has 0 aliphatic carbocycles. The van der Waals surface area contributed by atoms with Crippen molar-refractivity contribution in [3.63, 3.8) is 0 Å². The van der Waals surface area contributed by atoms with E-state index in [4.69, 9.17) is 4.74 Å². The van der Waals surface area contributed by atoms with E-state index in [0.29, 0.717) is 5.13 Å². The fraction of sp³-hybridized carbons (Fsp3) is 0.136. The van der Waals surface area contributed by atoms with Crippen LogP contribution in [0.2, 0.25) is 0 Å². The molecule has 30 heavy (non-hydrogen) atoms. The lowest BCUT2D eigenvalue weighted by Gasteiger charge is -2.12. The molecule has 0 spiro atoms. The van der Waals surface area contributed by atoms with Gasteiger partial charge in [-0.3, -0.25) is 4.79 Å². The topological polar surface area (TPSA) is 76.1 Å². The Morgan fingerprint density at radius 1 is 1.07 bits per heavy atom. The summed E-state index contributed by atoms with van der Waals surface area (Å²) in [5, 5.41) is 17.1. The smallest absolute Gasteiger partial charge is 0.237 e. The van der Waals surface area contributed by atoms with Gasteiger partial charge in [-0.15, -0.1) is 10.2 Å². The fourth-order valence-corrected chi connectivity index (χ4v) is 4.82. The van der Waals surface area contributed by atoms with Gasteiger partial charge in [0.05, 0.1) is 12.4 Å². The second kappa shape index (κ2) is 9.15. The van der Waals surface area contributed by atoms with Gasteiger partial charge in [-0.25, -0.2) is 0 Å². The van der Waals surface area contributed by atoms with Crippen molar-refractivity contribution in [2.45, 2.75) is 16.5 Å². The van der Waals surface area contributed by atoms with E-state index < -0.39 is 0 Å². The highest BCUT2D eigenvalue weighted by molar-refractivity contribution is 8.02. The lowest BCUT2D eigenvalue weighted by molar-refractivity contribution is -0.115. The van der Waals surface area contributed by atoms with E-state index in [1.54, 1.807) is 7.11 Å². The van der Waals surface area contributed by atoms with Gasteiger partial charge in [-0.2, -0.15) is 0 Å². The van der Waals surface area contributed by atoms with Crippen molar-refractivity contribution in [3.05, 3.63) is 66.7 Å². The molecule has 0 fully saturated rings. The number of benzene rings is 3. The van der Waals surface area contributed by atoms with Gasteiger partial charge in [-0.1, -0.05) is 65.6 Å². The molecule has 4 rings (SSSR count). The first-order valence-corrected chi connectivity index (χ1v) is 11.0. The van der Waals surface area contributed by atoms with Gasteiger partial charge in [-0.05, 0) is 30.5 Å². The number of ether oxygens (including phenoxy) is 1. The Bertz CT molecular complexity index is 1170. The van der Waals surface area contributed by atoms with E-state index in [1.807, 2.05) is 73.7 Å². The van der Waals surface area contributed by atoms with Crippen LogP contribution >= 0.6 is 23.1 Å². The number of anilines is 3. The van der Waals surface area contributed by atoms with E-state index in [9.17, 15) is 4.79 Å². The molecular formula is C22H20N4O2S2. The molecule has 6 nitrogen and oxygen atoms in total. The number of hydrogen-bond donors (Lipinski definition) is 2. The lowest BCUT2D eigenvalue weighted by atomic mass is 10.1. The monoisotopic (exact) mass is 436 g/mol. The average molecular weight is 437 g/mol. The van der Waals surface area contributed by atoms with Crippen molar-refractivity contribution in [2.75, 3.05) is 17.7 Å². The third-order valence-electron chi connectivity index (χ3n) is 4.42. The predicted octanol–water partition coefficient (Wildman–Crippen LogP) is 5.56. The van der Waals surface area contributed by atoms with E-state index in [1.165, 1.54) is 23.1 Å². The van der Waals surface area contributed by atoms with E-state index in [2.05, 4.69) is 20.8 Å². The van der Waals surface area contributed by atoms with Crippen LogP contribution in [0, 0.1) is 0 Å². The van der Waals surface area contributed by atoms with Gasteiger partial charge >= 0.3 is 0 Å². The molecule has 0 bridgehead atoms. The highest BCUT2D eigenvalue weighted by Crippen LogP contribution is 2.32. The number of hydrogen-bond acceptors (Lipinski definition) is 7. The SMILES string of the molecule is COc1cccc(Nc2nnc(SC(C)C(=O)Nc3cccc4ccccc34)s2)c1. The molecule has 1 atom stereocenters. The number of rotatable bonds is 7. The summed E-state index contributed by atoms with van der Waals surface area (Å²) in [5.74, 6) is 0.687. The molecule has 0 radical (unpaired) electrons. The van der Waals surface area contributed by atoms with Gasteiger partial charge in [0, 0.05) is 22.8 Å².